The van der Waals surface area contributed by atoms with Crippen molar-refractivity contribution in [3.63, 3.8) is 0 Å². The Labute approximate surface area is 204 Å². The van der Waals surface area contributed by atoms with E-state index in [1.807, 2.05) is 41.0 Å². The molecule has 0 spiro atoms. The predicted molar refractivity (Wildman–Crippen MR) is 139 cm³/mol. The van der Waals surface area contributed by atoms with Crippen LogP contribution in [-0.4, -0.2) is 37.8 Å². The molecule has 35 heavy (non-hydrogen) atoms. The molecule has 6 nitrogen and oxygen atoms in total. The lowest BCUT2D eigenvalue weighted by atomic mass is 10.2. The fourth-order valence-electron chi connectivity index (χ4n) is 4.49. The highest BCUT2D eigenvalue weighted by atomic mass is 32.2. The molecule has 0 saturated heterocycles. The lowest BCUT2D eigenvalue weighted by molar-refractivity contribution is 0.166. The molecule has 0 amide bonds. The van der Waals surface area contributed by atoms with Crippen molar-refractivity contribution < 1.29 is 18.3 Å². The summed E-state index contributed by atoms with van der Waals surface area (Å²) in [5.41, 5.74) is 2.41. The van der Waals surface area contributed by atoms with Crippen molar-refractivity contribution >= 4 is 37.5 Å². The quantitative estimate of drug-likeness (QED) is 0.333. The fourth-order valence-corrected chi connectivity index (χ4v) is 6.00. The number of aliphatic hydroxyl groups excluding tert-OH is 1. The maximum Gasteiger partial charge on any atom is 0.264 e. The molecule has 1 atom stereocenters. The normalized spacial score (nSPS) is 12.6. The minimum Gasteiger partial charge on any atom is -0.497 e. The van der Waals surface area contributed by atoms with Crippen molar-refractivity contribution in [2.75, 3.05) is 18.0 Å². The van der Waals surface area contributed by atoms with Gasteiger partial charge in [-0.25, -0.2) is 8.42 Å². The minimum absolute atomic E-state index is 0.120. The van der Waals surface area contributed by atoms with E-state index >= 15 is 0 Å². The van der Waals surface area contributed by atoms with E-state index in [1.165, 1.54) is 11.4 Å². The standard InChI is InChI=1S/C28H26N2O4S/c1-34-23-11-9-10-21(18-23)30(35(32,33)24-12-3-2-4-13-24)20-22(31)19-29-27-16-7-5-14-25(27)26-15-6-8-17-28(26)29/h2-18,22,31H,19-20H2,1H3. The number of nitrogens with zero attached hydrogens (tertiary/aromatic N) is 2. The molecule has 0 bridgehead atoms. The molecule has 0 fully saturated rings. The lowest BCUT2D eigenvalue weighted by Crippen LogP contribution is -2.39. The third-order valence-electron chi connectivity index (χ3n) is 6.12. The number of benzene rings is 4. The number of sulfonamides is 1. The number of hydrogen-bond acceptors (Lipinski definition) is 4. The van der Waals surface area contributed by atoms with E-state index in [1.54, 1.807) is 54.6 Å². The lowest BCUT2D eigenvalue weighted by Gasteiger charge is -2.27. The number of rotatable bonds is 8. The van der Waals surface area contributed by atoms with E-state index in [4.69, 9.17) is 4.74 Å². The van der Waals surface area contributed by atoms with Gasteiger partial charge in [0.25, 0.3) is 10.0 Å². The highest BCUT2D eigenvalue weighted by molar-refractivity contribution is 7.92. The molecule has 4 aromatic carbocycles. The number of anilines is 1. The van der Waals surface area contributed by atoms with Gasteiger partial charge in [-0.1, -0.05) is 60.7 Å². The Balaban J connectivity index is 1.54. The summed E-state index contributed by atoms with van der Waals surface area (Å²) >= 11 is 0. The maximum absolute atomic E-state index is 13.7. The van der Waals surface area contributed by atoms with E-state index in [-0.39, 0.29) is 18.0 Å². The largest absolute Gasteiger partial charge is 0.497 e. The van der Waals surface area contributed by atoms with Gasteiger partial charge in [-0.3, -0.25) is 4.31 Å². The van der Waals surface area contributed by atoms with E-state index in [0.717, 1.165) is 21.8 Å². The van der Waals surface area contributed by atoms with Crippen molar-refractivity contribution in [1.29, 1.82) is 0 Å². The third-order valence-corrected chi connectivity index (χ3v) is 7.93. The Kier molecular flexibility index (Phi) is 6.19. The van der Waals surface area contributed by atoms with Crippen LogP contribution >= 0.6 is 0 Å². The van der Waals surface area contributed by atoms with Crippen LogP contribution < -0.4 is 9.04 Å². The van der Waals surface area contributed by atoms with Gasteiger partial charge in [0.2, 0.25) is 0 Å². The van der Waals surface area contributed by atoms with Gasteiger partial charge < -0.3 is 14.4 Å². The first-order valence-electron chi connectivity index (χ1n) is 11.3. The topological polar surface area (TPSA) is 71.8 Å². The molecule has 178 valence electrons. The molecule has 0 aliphatic carbocycles. The second-order valence-electron chi connectivity index (χ2n) is 8.35. The van der Waals surface area contributed by atoms with Crippen molar-refractivity contribution in [3.8, 4) is 5.75 Å². The van der Waals surface area contributed by atoms with E-state index in [2.05, 4.69) is 12.1 Å². The molecule has 7 heteroatoms. The predicted octanol–water partition coefficient (Wildman–Crippen LogP) is 5.06. The average molecular weight is 487 g/mol. The molecule has 1 unspecified atom stereocenters. The number of aromatic nitrogens is 1. The van der Waals surface area contributed by atoms with Crippen molar-refractivity contribution in [2.24, 2.45) is 0 Å². The van der Waals surface area contributed by atoms with Crippen molar-refractivity contribution in [2.45, 2.75) is 17.5 Å². The highest BCUT2D eigenvalue weighted by Crippen LogP contribution is 2.30. The van der Waals surface area contributed by atoms with Gasteiger partial charge in [-0.05, 0) is 36.4 Å². The molecule has 1 N–H and O–H groups in total. The molecule has 0 radical (unpaired) electrons. The smallest absolute Gasteiger partial charge is 0.264 e. The molecule has 5 rings (SSSR count). The Morgan fingerprint density at radius 1 is 0.829 bits per heavy atom. The number of methoxy groups -OCH3 is 1. The first-order valence-corrected chi connectivity index (χ1v) is 12.8. The molecular formula is C28H26N2O4S. The summed E-state index contributed by atoms with van der Waals surface area (Å²) in [5, 5.41) is 13.4. The maximum atomic E-state index is 13.7. The minimum atomic E-state index is -3.93. The average Bonchev–Trinajstić information content (AvgIpc) is 3.21. The van der Waals surface area contributed by atoms with Gasteiger partial charge in [0.15, 0.2) is 0 Å². The molecule has 0 saturated carbocycles. The van der Waals surface area contributed by atoms with Crippen LogP contribution in [0.3, 0.4) is 0 Å². The van der Waals surface area contributed by atoms with Crippen LogP contribution in [0.15, 0.2) is 108 Å². The Hall–Kier alpha value is -3.81. The van der Waals surface area contributed by atoms with E-state index in [0.29, 0.717) is 11.4 Å². The van der Waals surface area contributed by atoms with Crippen LogP contribution in [0.25, 0.3) is 21.8 Å². The van der Waals surface area contributed by atoms with E-state index < -0.39 is 16.1 Å². The van der Waals surface area contributed by atoms with Crippen LogP contribution in [0.1, 0.15) is 0 Å². The second-order valence-corrected chi connectivity index (χ2v) is 10.2. The van der Waals surface area contributed by atoms with Crippen molar-refractivity contribution in [1.82, 2.24) is 4.57 Å². The molecule has 1 heterocycles. The van der Waals surface area contributed by atoms with Crippen molar-refractivity contribution in [3.05, 3.63) is 103 Å². The monoisotopic (exact) mass is 486 g/mol. The molecule has 0 aliphatic heterocycles. The Morgan fingerprint density at radius 3 is 2.06 bits per heavy atom. The first-order chi connectivity index (χ1) is 17.0. The molecule has 1 aromatic heterocycles. The zero-order valence-electron chi connectivity index (χ0n) is 19.3. The SMILES string of the molecule is COc1cccc(N(CC(O)Cn2c3ccccc3c3ccccc32)S(=O)(=O)c2ccccc2)c1. The third kappa shape index (κ3) is 4.36. The summed E-state index contributed by atoms with van der Waals surface area (Å²) in [5.74, 6) is 0.535. The number of para-hydroxylation sites is 2. The highest BCUT2D eigenvalue weighted by Gasteiger charge is 2.28. The van der Waals surface area contributed by atoms with Gasteiger partial charge in [0.05, 0.1) is 36.9 Å². The van der Waals surface area contributed by atoms with Gasteiger partial charge >= 0.3 is 0 Å². The van der Waals surface area contributed by atoms with Crippen LogP contribution in [0.2, 0.25) is 0 Å². The fraction of sp³-hybridized carbons (Fsp3) is 0.143. The number of hydrogen-bond donors (Lipinski definition) is 1. The van der Waals surface area contributed by atoms with Gasteiger partial charge in [-0.15, -0.1) is 0 Å². The molecule has 5 aromatic rings. The zero-order chi connectivity index (χ0) is 24.4. The Morgan fingerprint density at radius 2 is 1.43 bits per heavy atom. The summed E-state index contributed by atoms with van der Waals surface area (Å²) in [6.07, 6.45) is -0.973. The van der Waals surface area contributed by atoms with Gasteiger partial charge in [0.1, 0.15) is 5.75 Å². The van der Waals surface area contributed by atoms with Crippen LogP contribution in [0.4, 0.5) is 5.69 Å². The second kappa shape index (κ2) is 9.44. The van der Waals surface area contributed by atoms with Gasteiger partial charge in [-0.2, -0.15) is 0 Å². The molecular weight excluding hydrogens is 460 g/mol. The number of fused-ring (bicyclic) bond motifs is 3. The summed E-state index contributed by atoms with van der Waals surface area (Å²) in [7, 11) is -2.40. The zero-order valence-corrected chi connectivity index (χ0v) is 20.1. The summed E-state index contributed by atoms with van der Waals surface area (Å²) < 4.78 is 35.9. The van der Waals surface area contributed by atoms with E-state index in [9.17, 15) is 13.5 Å². The van der Waals surface area contributed by atoms with Crippen LogP contribution in [0.5, 0.6) is 5.75 Å². The van der Waals surface area contributed by atoms with Gasteiger partial charge in [0, 0.05) is 27.9 Å². The number of aliphatic hydroxyl groups is 1. The molecule has 0 aliphatic rings. The Bertz CT molecular complexity index is 1530. The van der Waals surface area contributed by atoms with Crippen LogP contribution in [-0.2, 0) is 16.6 Å². The summed E-state index contributed by atoms with van der Waals surface area (Å²) in [6.45, 7) is 0.115. The summed E-state index contributed by atoms with van der Waals surface area (Å²) in [6, 6.07) is 31.2. The number of ether oxygens (including phenoxy) is 1. The summed E-state index contributed by atoms with van der Waals surface area (Å²) in [4.78, 5) is 0.159. The first kappa shape index (κ1) is 23.0. The van der Waals surface area contributed by atoms with Crippen LogP contribution in [0, 0.1) is 0 Å².